The zero-order valence-electron chi connectivity index (χ0n) is 15.8. The molecule has 0 saturated carbocycles. The van der Waals surface area contributed by atoms with E-state index in [2.05, 4.69) is 5.32 Å². The maximum Gasteiger partial charge on any atom is 0.271 e. The van der Waals surface area contributed by atoms with Gasteiger partial charge in [0.2, 0.25) is 5.91 Å². The summed E-state index contributed by atoms with van der Waals surface area (Å²) in [6.07, 6.45) is 2.33. The molecule has 30 heavy (non-hydrogen) atoms. The number of nitrogens with zero attached hydrogens (tertiary/aromatic N) is 2. The smallest absolute Gasteiger partial charge is 0.271 e. The molecular weight excluding hydrogens is 426 g/mol. The van der Waals surface area contributed by atoms with Crippen LogP contribution in [-0.4, -0.2) is 37.6 Å². The van der Waals surface area contributed by atoms with Crippen LogP contribution < -0.4 is 5.32 Å². The van der Waals surface area contributed by atoms with Crippen LogP contribution >= 0.6 is 24.0 Å². The van der Waals surface area contributed by atoms with E-state index in [1.165, 1.54) is 0 Å². The number of amides is 2. The van der Waals surface area contributed by atoms with E-state index in [-0.39, 0.29) is 33.9 Å². The van der Waals surface area contributed by atoms with Crippen molar-refractivity contribution in [3.63, 3.8) is 0 Å². The number of thioether (sulfide) groups is 1. The van der Waals surface area contributed by atoms with Crippen molar-refractivity contribution in [2.75, 3.05) is 11.9 Å². The fraction of sp³-hybridized carbons (Fsp3) is 0.150. The topological polar surface area (TPSA) is 113 Å². The molecule has 0 unspecified atom stereocenters. The number of allylic oxidation sites excluding steroid dienone is 1. The van der Waals surface area contributed by atoms with Crippen LogP contribution in [0.25, 0.3) is 0 Å². The molecule has 154 valence electrons. The van der Waals surface area contributed by atoms with Crippen LogP contribution in [0.3, 0.4) is 0 Å². The summed E-state index contributed by atoms with van der Waals surface area (Å²) < 4.78 is 0.244. The van der Waals surface area contributed by atoms with E-state index in [9.17, 15) is 24.8 Å². The number of phenolic OH excluding ortho intramolecular Hbond substituents is 1. The highest BCUT2D eigenvalue weighted by molar-refractivity contribution is 8.26. The molecule has 3 rings (SSSR count). The Balaban J connectivity index is 1.66. The first-order chi connectivity index (χ1) is 14.2. The maximum atomic E-state index is 12.6. The van der Waals surface area contributed by atoms with Gasteiger partial charge in [0, 0.05) is 12.1 Å². The Morgan fingerprint density at radius 3 is 2.67 bits per heavy atom. The second kappa shape index (κ2) is 9.06. The predicted octanol–water partition coefficient (Wildman–Crippen LogP) is 3.53. The van der Waals surface area contributed by atoms with Gasteiger partial charge in [0.15, 0.2) is 0 Å². The number of hydrogen-bond acceptors (Lipinski definition) is 7. The van der Waals surface area contributed by atoms with Gasteiger partial charge < -0.3 is 10.4 Å². The Morgan fingerprint density at radius 1 is 1.30 bits per heavy atom. The minimum absolute atomic E-state index is 0.116. The van der Waals surface area contributed by atoms with E-state index in [0.717, 1.165) is 46.0 Å². The van der Waals surface area contributed by atoms with Crippen LogP contribution in [0.1, 0.15) is 11.1 Å². The van der Waals surface area contributed by atoms with Gasteiger partial charge in [-0.25, -0.2) is 0 Å². The summed E-state index contributed by atoms with van der Waals surface area (Å²) in [4.78, 5) is 36.8. The third kappa shape index (κ3) is 5.02. The molecule has 0 aliphatic carbocycles. The van der Waals surface area contributed by atoms with Crippen LogP contribution in [0.15, 0.2) is 53.4 Å². The number of rotatable bonds is 6. The molecule has 1 aliphatic heterocycles. The van der Waals surface area contributed by atoms with Gasteiger partial charge in [-0.15, -0.1) is 0 Å². The van der Waals surface area contributed by atoms with Crippen molar-refractivity contribution in [3.05, 3.63) is 74.7 Å². The number of anilines is 1. The summed E-state index contributed by atoms with van der Waals surface area (Å²) in [5, 5.41) is 23.1. The van der Waals surface area contributed by atoms with Crippen molar-refractivity contribution in [1.29, 1.82) is 0 Å². The first-order valence-corrected chi connectivity index (χ1v) is 10.0. The zero-order valence-corrected chi connectivity index (χ0v) is 17.5. The summed E-state index contributed by atoms with van der Waals surface area (Å²) in [6, 6.07) is 11.2. The standard InChI is InChI=1S/C20H17N3O5S2/c1-12-2-4-13(5-3-12)6-9-17-19(26)22(20(29)30-17)11-18(25)21-15-10-14(23(27)28)7-8-16(15)24/h2-5,7-10,24H,6,11H2,1H3,(H,21,25)/b17-9-. The van der Waals surface area contributed by atoms with Crippen LogP contribution in [0.2, 0.25) is 0 Å². The Bertz CT molecular complexity index is 1070. The van der Waals surface area contributed by atoms with Crippen molar-refractivity contribution in [1.82, 2.24) is 4.90 Å². The first kappa shape index (κ1) is 21.5. The number of carbonyl (C=O) groups excluding carboxylic acids is 2. The number of thiocarbonyl (C=S) groups is 1. The number of nitro groups is 1. The van der Waals surface area contributed by atoms with Gasteiger partial charge in [0.05, 0.1) is 15.5 Å². The normalized spacial score (nSPS) is 15.0. The number of hydrogen-bond donors (Lipinski definition) is 2. The second-order valence-corrected chi connectivity index (χ2v) is 8.20. The molecule has 2 aromatic carbocycles. The number of benzene rings is 2. The number of aromatic hydroxyl groups is 1. The minimum atomic E-state index is -0.643. The molecule has 0 spiro atoms. The first-order valence-electron chi connectivity index (χ1n) is 8.81. The van der Waals surface area contributed by atoms with Crippen molar-refractivity contribution >= 4 is 51.5 Å². The molecule has 2 aromatic rings. The summed E-state index contributed by atoms with van der Waals surface area (Å²) in [6.45, 7) is 1.63. The molecule has 1 saturated heterocycles. The quantitative estimate of drug-likeness (QED) is 0.231. The van der Waals surface area contributed by atoms with E-state index in [4.69, 9.17) is 12.2 Å². The van der Waals surface area contributed by atoms with E-state index in [1.807, 2.05) is 31.2 Å². The molecule has 0 atom stereocenters. The highest BCUT2D eigenvalue weighted by atomic mass is 32.2. The van der Waals surface area contributed by atoms with Crippen molar-refractivity contribution < 1.29 is 19.6 Å². The molecule has 10 heteroatoms. The number of phenols is 1. The lowest BCUT2D eigenvalue weighted by molar-refractivity contribution is -0.384. The average molecular weight is 444 g/mol. The van der Waals surface area contributed by atoms with Gasteiger partial charge in [0.25, 0.3) is 11.6 Å². The van der Waals surface area contributed by atoms with E-state index >= 15 is 0 Å². The van der Waals surface area contributed by atoms with Crippen molar-refractivity contribution in [3.8, 4) is 5.75 Å². The summed E-state index contributed by atoms with van der Waals surface area (Å²) in [5.74, 6) is -1.34. The molecule has 1 heterocycles. The van der Waals surface area contributed by atoms with E-state index in [1.54, 1.807) is 6.08 Å². The van der Waals surface area contributed by atoms with E-state index < -0.39 is 10.8 Å². The zero-order chi connectivity index (χ0) is 21.8. The van der Waals surface area contributed by atoms with Gasteiger partial charge in [0.1, 0.15) is 16.6 Å². The molecular formula is C20H17N3O5S2. The molecule has 2 amide bonds. The minimum Gasteiger partial charge on any atom is -0.506 e. The molecule has 0 bridgehead atoms. The molecule has 8 nitrogen and oxygen atoms in total. The lowest BCUT2D eigenvalue weighted by Gasteiger charge is -2.14. The predicted molar refractivity (Wildman–Crippen MR) is 118 cm³/mol. The van der Waals surface area contributed by atoms with Crippen molar-refractivity contribution in [2.45, 2.75) is 13.3 Å². The van der Waals surface area contributed by atoms with Crippen molar-refractivity contribution in [2.24, 2.45) is 0 Å². The molecule has 0 radical (unpaired) electrons. The molecule has 0 aromatic heterocycles. The van der Waals surface area contributed by atoms with Crippen LogP contribution in [0.5, 0.6) is 5.75 Å². The Kier molecular flexibility index (Phi) is 6.48. The summed E-state index contributed by atoms with van der Waals surface area (Å²) in [7, 11) is 0. The number of nitrogens with one attached hydrogen (secondary N) is 1. The SMILES string of the molecule is Cc1ccc(C/C=C2\SC(=S)N(CC(=O)Nc3cc([N+](=O)[O-])ccc3O)C2=O)cc1. The molecule has 2 N–H and O–H groups in total. The number of non-ortho nitro benzene ring substituents is 1. The molecule has 1 fully saturated rings. The second-order valence-electron chi connectivity index (χ2n) is 6.52. The van der Waals surface area contributed by atoms with Gasteiger partial charge in [-0.2, -0.15) is 0 Å². The highest BCUT2D eigenvalue weighted by Crippen LogP contribution is 2.32. The van der Waals surface area contributed by atoms with Gasteiger partial charge >= 0.3 is 0 Å². The van der Waals surface area contributed by atoms with Gasteiger partial charge in [-0.05, 0) is 25.0 Å². The number of aryl methyl sites for hydroxylation is 1. The average Bonchev–Trinajstić information content (AvgIpc) is 2.96. The fourth-order valence-corrected chi connectivity index (χ4v) is 3.91. The highest BCUT2D eigenvalue weighted by Gasteiger charge is 2.33. The molecule has 1 aliphatic rings. The van der Waals surface area contributed by atoms with Crippen LogP contribution in [-0.2, 0) is 16.0 Å². The monoisotopic (exact) mass is 443 g/mol. The Hall–Kier alpha value is -3.24. The third-order valence-electron chi connectivity index (χ3n) is 4.28. The Morgan fingerprint density at radius 2 is 2.00 bits per heavy atom. The lowest BCUT2D eigenvalue weighted by Crippen LogP contribution is -2.36. The maximum absolute atomic E-state index is 12.6. The van der Waals surface area contributed by atoms with Crippen LogP contribution in [0, 0.1) is 17.0 Å². The third-order valence-corrected chi connectivity index (χ3v) is 5.71. The number of carbonyl (C=O) groups is 2. The summed E-state index contributed by atoms with van der Waals surface area (Å²) >= 11 is 6.33. The Labute approximate surface area is 181 Å². The largest absolute Gasteiger partial charge is 0.506 e. The van der Waals surface area contributed by atoms with E-state index in [0.29, 0.717) is 11.3 Å². The fourth-order valence-electron chi connectivity index (χ4n) is 2.68. The van der Waals surface area contributed by atoms with Gasteiger partial charge in [-0.3, -0.25) is 24.6 Å². The lowest BCUT2D eigenvalue weighted by atomic mass is 10.1. The number of nitro benzene ring substituents is 1. The summed E-state index contributed by atoms with van der Waals surface area (Å²) in [5.41, 5.74) is 1.79. The van der Waals surface area contributed by atoms with Crippen LogP contribution in [0.4, 0.5) is 11.4 Å². The van der Waals surface area contributed by atoms with Gasteiger partial charge in [-0.1, -0.05) is 59.9 Å².